The van der Waals surface area contributed by atoms with Gasteiger partial charge in [-0.1, -0.05) is 18.2 Å². The van der Waals surface area contributed by atoms with Gasteiger partial charge in [0, 0.05) is 0 Å². The highest BCUT2D eigenvalue weighted by molar-refractivity contribution is 5.64. The summed E-state index contributed by atoms with van der Waals surface area (Å²) in [5, 5.41) is 0. The molecule has 2 rings (SSSR count). The highest BCUT2D eigenvalue weighted by Crippen LogP contribution is 2.23. The van der Waals surface area contributed by atoms with Gasteiger partial charge in [-0.05, 0) is 48.4 Å². The van der Waals surface area contributed by atoms with Crippen molar-refractivity contribution in [2.24, 2.45) is 0 Å². The highest BCUT2D eigenvalue weighted by atomic mass is 19.1. The van der Waals surface area contributed by atoms with E-state index in [0.717, 1.165) is 16.9 Å². The van der Waals surface area contributed by atoms with E-state index in [1.165, 1.54) is 12.1 Å². The summed E-state index contributed by atoms with van der Waals surface area (Å²) in [5.74, 6) is 0.574. The van der Waals surface area contributed by atoms with E-state index in [1.807, 2.05) is 25.1 Å². The Bertz CT molecular complexity index is 462. The summed E-state index contributed by atoms with van der Waals surface area (Å²) in [7, 11) is 0. The van der Waals surface area contributed by atoms with Crippen LogP contribution in [-0.4, -0.2) is 6.61 Å². The fraction of sp³-hybridized carbons (Fsp3) is 0.143. The molecule has 0 aromatic heterocycles. The lowest BCUT2D eigenvalue weighted by Crippen LogP contribution is -1.91. The first kappa shape index (κ1) is 10.7. The maximum Gasteiger partial charge on any atom is 0.123 e. The molecule has 16 heavy (non-hydrogen) atoms. The van der Waals surface area contributed by atoms with E-state index in [0.29, 0.717) is 6.61 Å². The van der Waals surface area contributed by atoms with Gasteiger partial charge in [0.1, 0.15) is 11.6 Å². The minimum Gasteiger partial charge on any atom is -0.494 e. The van der Waals surface area contributed by atoms with Crippen molar-refractivity contribution in [3.63, 3.8) is 0 Å². The summed E-state index contributed by atoms with van der Waals surface area (Å²) in [6.45, 7) is 2.57. The zero-order valence-electron chi connectivity index (χ0n) is 9.03. The van der Waals surface area contributed by atoms with E-state index in [1.54, 1.807) is 12.1 Å². The maximum atomic E-state index is 12.8. The van der Waals surface area contributed by atoms with Crippen LogP contribution in [-0.2, 0) is 0 Å². The molecule has 1 nitrogen and oxygen atoms in total. The lowest BCUT2D eigenvalue weighted by molar-refractivity contribution is 0.340. The molecule has 0 aliphatic heterocycles. The van der Waals surface area contributed by atoms with Gasteiger partial charge in [-0.25, -0.2) is 4.39 Å². The summed E-state index contributed by atoms with van der Waals surface area (Å²) < 4.78 is 18.2. The van der Waals surface area contributed by atoms with Crippen molar-refractivity contribution in [1.82, 2.24) is 0 Å². The minimum absolute atomic E-state index is 0.232. The number of halogens is 1. The SMILES string of the molecule is CCOc1cc[c]c(-c2ccc(F)cc2)c1. The molecule has 0 saturated carbocycles. The normalized spacial score (nSPS) is 10.1. The van der Waals surface area contributed by atoms with Crippen molar-refractivity contribution in [2.45, 2.75) is 6.92 Å². The zero-order chi connectivity index (χ0) is 11.4. The molecule has 0 heterocycles. The van der Waals surface area contributed by atoms with E-state index in [-0.39, 0.29) is 5.82 Å². The molecule has 1 radical (unpaired) electrons. The first-order valence-electron chi connectivity index (χ1n) is 5.20. The molecule has 0 saturated heterocycles. The molecular weight excluding hydrogens is 203 g/mol. The lowest BCUT2D eigenvalue weighted by atomic mass is 10.1. The van der Waals surface area contributed by atoms with Crippen LogP contribution < -0.4 is 4.74 Å². The second kappa shape index (κ2) is 4.79. The Hall–Kier alpha value is -1.83. The van der Waals surface area contributed by atoms with Crippen molar-refractivity contribution in [1.29, 1.82) is 0 Å². The van der Waals surface area contributed by atoms with Crippen LogP contribution in [0.1, 0.15) is 6.92 Å². The lowest BCUT2D eigenvalue weighted by Gasteiger charge is -2.05. The van der Waals surface area contributed by atoms with Crippen molar-refractivity contribution in [3.05, 3.63) is 54.3 Å². The van der Waals surface area contributed by atoms with Gasteiger partial charge in [-0.15, -0.1) is 0 Å². The van der Waals surface area contributed by atoms with E-state index < -0.39 is 0 Å². The molecule has 2 aromatic carbocycles. The predicted octanol–water partition coefficient (Wildman–Crippen LogP) is 3.69. The number of hydrogen-bond donors (Lipinski definition) is 0. The Balaban J connectivity index is 2.32. The number of benzene rings is 2. The molecular formula is C14H12FO. The Morgan fingerprint density at radius 1 is 1.19 bits per heavy atom. The van der Waals surface area contributed by atoms with Crippen LogP contribution in [0.15, 0.2) is 42.5 Å². The Kier molecular flexibility index (Phi) is 3.20. The largest absolute Gasteiger partial charge is 0.494 e. The van der Waals surface area contributed by atoms with Crippen LogP contribution in [0, 0.1) is 11.9 Å². The molecule has 2 aromatic rings. The standard InChI is InChI=1S/C14H12FO/c1-2-16-14-5-3-4-12(10-14)11-6-8-13(15)9-7-11/h3,5-10H,2H2,1H3. The summed E-state index contributed by atoms with van der Waals surface area (Å²) in [4.78, 5) is 0. The van der Waals surface area contributed by atoms with Crippen molar-refractivity contribution < 1.29 is 9.13 Å². The van der Waals surface area contributed by atoms with Crippen LogP contribution in [0.4, 0.5) is 4.39 Å². The molecule has 0 spiro atoms. The van der Waals surface area contributed by atoms with Gasteiger partial charge in [0.15, 0.2) is 0 Å². The summed E-state index contributed by atoms with van der Waals surface area (Å²) in [5.41, 5.74) is 1.84. The molecule has 0 bridgehead atoms. The fourth-order valence-corrected chi connectivity index (χ4v) is 1.50. The van der Waals surface area contributed by atoms with Crippen molar-refractivity contribution in [2.75, 3.05) is 6.61 Å². The molecule has 0 unspecified atom stereocenters. The number of hydrogen-bond acceptors (Lipinski definition) is 1. The molecule has 81 valence electrons. The van der Waals surface area contributed by atoms with Crippen LogP contribution in [0.2, 0.25) is 0 Å². The molecule has 0 atom stereocenters. The molecule has 2 heteroatoms. The third-order valence-electron chi connectivity index (χ3n) is 2.24. The van der Waals surface area contributed by atoms with Crippen molar-refractivity contribution in [3.8, 4) is 16.9 Å². The second-order valence-corrected chi connectivity index (χ2v) is 3.38. The molecule has 0 aliphatic carbocycles. The Morgan fingerprint density at radius 2 is 1.94 bits per heavy atom. The number of rotatable bonds is 3. The van der Waals surface area contributed by atoms with Gasteiger partial charge in [-0.3, -0.25) is 0 Å². The smallest absolute Gasteiger partial charge is 0.123 e. The van der Waals surface area contributed by atoms with E-state index >= 15 is 0 Å². The minimum atomic E-state index is -0.232. The summed E-state index contributed by atoms with van der Waals surface area (Å²) >= 11 is 0. The summed E-state index contributed by atoms with van der Waals surface area (Å²) in [6, 6.07) is 15.0. The van der Waals surface area contributed by atoms with Crippen LogP contribution in [0.3, 0.4) is 0 Å². The molecule has 0 fully saturated rings. The van der Waals surface area contributed by atoms with Crippen molar-refractivity contribution >= 4 is 0 Å². The van der Waals surface area contributed by atoms with Crippen LogP contribution in [0.5, 0.6) is 5.75 Å². The van der Waals surface area contributed by atoms with Crippen LogP contribution in [0.25, 0.3) is 11.1 Å². The predicted molar refractivity (Wildman–Crippen MR) is 61.8 cm³/mol. The fourth-order valence-electron chi connectivity index (χ4n) is 1.50. The third kappa shape index (κ3) is 2.40. The average molecular weight is 215 g/mol. The maximum absolute atomic E-state index is 12.8. The van der Waals surface area contributed by atoms with Gasteiger partial charge in [0.05, 0.1) is 6.61 Å². The van der Waals surface area contributed by atoms with Crippen LogP contribution >= 0.6 is 0 Å². The van der Waals surface area contributed by atoms with E-state index in [2.05, 4.69) is 6.07 Å². The van der Waals surface area contributed by atoms with Gasteiger partial charge < -0.3 is 4.74 Å². The molecule has 0 aliphatic rings. The molecule has 0 amide bonds. The van der Waals surface area contributed by atoms with E-state index in [9.17, 15) is 4.39 Å². The Morgan fingerprint density at radius 3 is 2.62 bits per heavy atom. The van der Waals surface area contributed by atoms with Gasteiger partial charge >= 0.3 is 0 Å². The topological polar surface area (TPSA) is 9.23 Å². The first-order valence-corrected chi connectivity index (χ1v) is 5.20. The third-order valence-corrected chi connectivity index (χ3v) is 2.24. The van der Waals surface area contributed by atoms with E-state index in [4.69, 9.17) is 4.74 Å². The monoisotopic (exact) mass is 215 g/mol. The number of ether oxygens (including phenoxy) is 1. The van der Waals surface area contributed by atoms with Gasteiger partial charge in [-0.2, -0.15) is 0 Å². The van der Waals surface area contributed by atoms with Gasteiger partial charge in [0.2, 0.25) is 0 Å². The first-order chi connectivity index (χ1) is 7.79. The Labute approximate surface area is 94.5 Å². The zero-order valence-corrected chi connectivity index (χ0v) is 9.03. The quantitative estimate of drug-likeness (QED) is 0.758. The second-order valence-electron chi connectivity index (χ2n) is 3.38. The average Bonchev–Trinajstić information content (AvgIpc) is 2.31. The highest BCUT2D eigenvalue weighted by Gasteiger charge is 2.00. The van der Waals surface area contributed by atoms with Gasteiger partial charge in [0.25, 0.3) is 0 Å². The molecule has 0 N–H and O–H groups in total. The summed E-state index contributed by atoms with van der Waals surface area (Å²) in [6.07, 6.45) is 0.